The standard InChI is InChI=1S/C18H28O2/c1-14(2)20-17-11-9-16(10-12-17)18(19)13-8-15-6-4-3-5-7-15/h9-12,14-15,18-19H,3-8,13H2,1-2H3. The Morgan fingerprint density at radius 2 is 1.75 bits per heavy atom. The zero-order valence-electron chi connectivity index (χ0n) is 12.8. The Labute approximate surface area is 123 Å². The smallest absolute Gasteiger partial charge is 0.119 e. The molecule has 20 heavy (non-hydrogen) atoms. The predicted octanol–water partition coefficient (Wildman–Crippen LogP) is 4.87. The van der Waals surface area contributed by atoms with E-state index in [4.69, 9.17) is 4.74 Å². The van der Waals surface area contributed by atoms with Gasteiger partial charge in [0.05, 0.1) is 12.2 Å². The predicted molar refractivity (Wildman–Crippen MR) is 83.0 cm³/mol. The van der Waals surface area contributed by atoms with Crippen LogP contribution in [0.5, 0.6) is 5.75 Å². The van der Waals surface area contributed by atoms with Gasteiger partial charge in [0.2, 0.25) is 0 Å². The van der Waals surface area contributed by atoms with Crippen LogP contribution in [0, 0.1) is 5.92 Å². The van der Waals surface area contributed by atoms with Crippen molar-refractivity contribution in [3.8, 4) is 5.75 Å². The van der Waals surface area contributed by atoms with E-state index < -0.39 is 0 Å². The molecule has 1 atom stereocenters. The molecule has 0 aromatic heterocycles. The summed E-state index contributed by atoms with van der Waals surface area (Å²) < 4.78 is 5.62. The van der Waals surface area contributed by atoms with Crippen molar-refractivity contribution in [3.05, 3.63) is 29.8 Å². The van der Waals surface area contributed by atoms with Gasteiger partial charge in [0.15, 0.2) is 0 Å². The minimum Gasteiger partial charge on any atom is -0.491 e. The van der Waals surface area contributed by atoms with Gasteiger partial charge in [-0.3, -0.25) is 0 Å². The van der Waals surface area contributed by atoms with Crippen LogP contribution in [0.25, 0.3) is 0 Å². The molecule has 1 aliphatic carbocycles. The van der Waals surface area contributed by atoms with Gasteiger partial charge in [-0.2, -0.15) is 0 Å². The highest BCUT2D eigenvalue weighted by molar-refractivity contribution is 5.28. The lowest BCUT2D eigenvalue weighted by atomic mass is 9.85. The van der Waals surface area contributed by atoms with Crippen LogP contribution in [0.3, 0.4) is 0 Å². The summed E-state index contributed by atoms with van der Waals surface area (Å²) in [5.74, 6) is 1.71. The highest BCUT2D eigenvalue weighted by atomic mass is 16.5. The number of ether oxygens (including phenoxy) is 1. The average molecular weight is 276 g/mol. The molecule has 2 nitrogen and oxygen atoms in total. The minimum absolute atomic E-state index is 0.192. The molecule has 112 valence electrons. The van der Waals surface area contributed by atoms with Gasteiger partial charge in [-0.25, -0.2) is 0 Å². The van der Waals surface area contributed by atoms with Crippen LogP contribution in [0.2, 0.25) is 0 Å². The van der Waals surface area contributed by atoms with Gasteiger partial charge in [-0.15, -0.1) is 0 Å². The van der Waals surface area contributed by atoms with E-state index in [2.05, 4.69) is 0 Å². The zero-order chi connectivity index (χ0) is 14.4. The van der Waals surface area contributed by atoms with Crippen molar-refractivity contribution in [3.63, 3.8) is 0 Å². The van der Waals surface area contributed by atoms with E-state index in [1.807, 2.05) is 38.1 Å². The van der Waals surface area contributed by atoms with Crippen LogP contribution in [-0.4, -0.2) is 11.2 Å². The van der Waals surface area contributed by atoms with Crippen LogP contribution in [0.15, 0.2) is 24.3 Å². The van der Waals surface area contributed by atoms with E-state index in [-0.39, 0.29) is 12.2 Å². The topological polar surface area (TPSA) is 29.5 Å². The van der Waals surface area contributed by atoms with Crippen molar-refractivity contribution in [1.29, 1.82) is 0 Å². The number of aliphatic hydroxyl groups excluding tert-OH is 1. The minimum atomic E-state index is -0.329. The molecule has 0 spiro atoms. The molecule has 0 heterocycles. The van der Waals surface area contributed by atoms with Gasteiger partial charge in [-0.1, -0.05) is 44.2 Å². The highest BCUT2D eigenvalue weighted by Gasteiger charge is 2.16. The van der Waals surface area contributed by atoms with E-state index in [0.717, 1.165) is 30.1 Å². The lowest BCUT2D eigenvalue weighted by molar-refractivity contribution is 0.151. The number of benzene rings is 1. The second-order valence-corrected chi connectivity index (χ2v) is 6.33. The summed E-state index contributed by atoms with van der Waals surface area (Å²) in [5, 5.41) is 10.3. The van der Waals surface area contributed by atoms with Crippen molar-refractivity contribution in [2.45, 2.75) is 71.0 Å². The zero-order valence-corrected chi connectivity index (χ0v) is 12.8. The summed E-state index contributed by atoms with van der Waals surface area (Å²) >= 11 is 0. The molecule has 1 aromatic rings. The Morgan fingerprint density at radius 3 is 2.35 bits per heavy atom. The van der Waals surface area contributed by atoms with Crippen molar-refractivity contribution >= 4 is 0 Å². The van der Waals surface area contributed by atoms with Crippen LogP contribution >= 0.6 is 0 Å². The van der Waals surface area contributed by atoms with Gasteiger partial charge in [-0.05, 0) is 50.3 Å². The van der Waals surface area contributed by atoms with Crippen LogP contribution in [0.1, 0.15) is 70.5 Å². The van der Waals surface area contributed by atoms with Crippen LogP contribution < -0.4 is 4.74 Å². The molecule has 0 radical (unpaired) electrons. The van der Waals surface area contributed by atoms with E-state index in [1.165, 1.54) is 32.1 Å². The molecule has 2 rings (SSSR count). The summed E-state index contributed by atoms with van der Waals surface area (Å²) in [4.78, 5) is 0. The molecule has 1 unspecified atom stereocenters. The molecular formula is C18H28O2. The van der Waals surface area contributed by atoms with E-state index in [9.17, 15) is 5.11 Å². The Kier molecular flexibility index (Phi) is 5.90. The first-order chi connectivity index (χ1) is 9.65. The number of hydrogen-bond acceptors (Lipinski definition) is 2. The Morgan fingerprint density at radius 1 is 1.10 bits per heavy atom. The Balaban J connectivity index is 1.80. The second kappa shape index (κ2) is 7.68. The second-order valence-electron chi connectivity index (χ2n) is 6.33. The first-order valence-corrected chi connectivity index (χ1v) is 8.10. The highest BCUT2D eigenvalue weighted by Crippen LogP contribution is 2.30. The molecule has 2 heteroatoms. The third kappa shape index (κ3) is 4.82. The van der Waals surface area contributed by atoms with Crippen molar-refractivity contribution in [1.82, 2.24) is 0 Å². The van der Waals surface area contributed by atoms with Crippen LogP contribution in [0.4, 0.5) is 0 Å². The van der Waals surface area contributed by atoms with E-state index >= 15 is 0 Å². The quantitative estimate of drug-likeness (QED) is 0.803. The summed E-state index contributed by atoms with van der Waals surface area (Å²) in [6.45, 7) is 4.04. The molecular weight excluding hydrogens is 248 g/mol. The molecule has 0 bridgehead atoms. The molecule has 1 N–H and O–H groups in total. The van der Waals surface area contributed by atoms with Gasteiger partial charge < -0.3 is 9.84 Å². The summed E-state index contributed by atoms with van der Waals surface area (Å²) in [6.07, 6.45) is 8.77. The molecule has 1 aliphatic rings. The summed E-state index contributed by atoms with van der Waals surface area (Å²) in [5.41, 5.74) is 1.01. The molecule has 1 aromatic carbocycles. The number of aliphatic hydroxyl groups is 1. The largest absolute Gasteiger partial charge is 0.491 e. The van der Waals surface area contributed by atoms with Gasteiger partial charge >= 0.3 is 0 Å². The first kappa shape index (κ1) is 15.4. The summed E-state index contributed by atoms with van der Waals surface area (Å²) in [7, 11) is 0. The van der Waals surface area contributed by atoms with Crippen molar-refractivity contribution < 1.29 is 9.84 Å². The fourth-order valence-corrected chi connectivity index (χ4v) is 3.08. The maximum atomic E-state index is 10.3. The van der Waals surface area contributed by atoms with Gasteiger partial charge in [0, 0.05) is 0 Å². The molecule has 1 fully saturated rings. The third-order valence-electron chi connectivity index (χ3n) is 4.21. The van der Waals surface area contributed by atoms with Crippen molar-refractivity contribution in [2.75, 3.05) is 0 Å². The fraction of sp³-hybridized carbons (Fsp3) is 0.667. The molecule has 1 saturated carbocycles. The SMILES string of the molecule is CC(C)Oc1ccc(C(O)CCC2CCCCC2)cc1. The Bertz CT molecular complexity index is 377. The average Bonchev–Trinajstić information content (AvgIpc) is 2.46. The fourth-order valence-electron chi connectivity index (χ4n) is 3.08. The monoisotopic (exact) mass is 276 g/mol. The molecule has 0 amide bonds. The summed E-state index contributed by atoms with van der Waals surface area (Å²) in [6, 6.07) is 7.89. The number of rotatable bonds is 6. The first-order valence-electron chi connectivity index (χ1n) is 8.10. The van der Waals surface area contributed by atoms with Gasteiger partial charge in [0.25, 0.3) is 0 Å². The van der Waals surface area contributed by atoms with Gasteiger partial charge in [0.1, 0.15) is 5.75 Å². The molecule has 0 aliphatic heterocycles. The number of hydrogen-bond donors (Lipinski definition) is 1. The lowest BCUT2D eigenvalue weighted by Gasteiger charge is -2.22. The maximum absolute atomic E-state index is 10.3. The van der Waals surface area contributed by atoms with E-state index in [1.54, 1.807) is 0 Å². The third-order valence-corrected chi connectivity index (χ3v) is 4.21. The maximum Gasteiger partial charge on any atom is 0.119 e. The normalized spacial score (nSPS) is 18.2. The molecule has 0 saturated heterocycles. The van der Waals surface area contributed by atoms with Crippen LogP contribution in [-0.2, 0) is 0 Å². The Hall–Kier alpha value is -1.02. The van der Waals surface area contributed by atoms with Crippen molar-refractivity contribution in [2.24, 2.45) is 5.92 Å². The lowest BCUT2D eigenvalue weighted by Crippen LogP contribution is -2.08. The van der Waals surface area contributed by atoms with E-state index in [0.29, 0.717) is 0 Å².